The van der Waals surface area contributed by atoms with Crippen molar-refractivity contribution in [2.75, 3.05) is 26.2 Å². The van der Waals surface area contributed by atoms with Gasteiger partial charge in [0.25, 0.3) is 0 Å². The highest BCUT2D eigenvalue weighted by Crippen LogP contribution is 2.39. The molecule has 3 aliphatic rings. The van der Waals surface area contributed by atoms with Crippen LogP contribution in [0.25, 0.3) is 0 Å². The predicted molar refractivity (Wildman–Crippen MR) is 58.4 cm³/mol. The van der Waals surface area contributed by atoms with E-state index >= 15 is 0 Å². The largest absolute Gasteiger partial charge is 0.340 e. The Morgan fingerprint density at radius 3 is 2.20 bits per heavy atom. The third-order valence-electron chi connectivity index (χ3n) is 4.12. The number of carbonyl (C=O) groups excluding carboxylic acids is 1. The van der Waals surface area contributed by atoms with Crippen molar-refractivity contribution in [1.82, 2.24) is 9.80 Å². The van der Waals surface area contributed by atoms with E-state index in [0.717, 1.165) is 38.6 Å². The summed E-state index contributed by atoms with van der Waals surface area (Å²) in [5, 5.41) is 0. The Kier molecular flexibility index (Phi) is 2.23. The van der Waals surface area contributed by atoms with Gasteiger partial charge < -0.3 is 4.90 Å². The van der Waals surface area contributed by atoms with Gasteiger partial charge in [0, 0.05) is 38.1 Å². The average molecular weight is 208 g/mol. The molecule has 1 heterocycles. The first kappa shape index (κ1) is 9.64. The third-order valence-corrected chi connectivity index (χ3v) is 4.12. The number of hydrogen-bond acceptors (Lipinski definition) is 2. The van der Waals surface area contributed by atoms with Crippen LogP contribution in [0.15, 0.2) is 0 Å². The van der Waals surface area contributed by atoms with Gasteiger partial charge in [-0.3, -0.25) is 9.69 Å². The Hall–Kier alpha value is -0.570. The highest BCUT2D eigenvalue weighted by molar-refractivity contribution is 5.81. The Labute approximate surface area is 91.4 Å². The molecule has 2 saturated carbocycles. The molecule has 0 aromatic carbocycles. The highest BCUT2D eigenvalue weighted by atomic mass is 16.2. The van der Waals surface area contributed by atoms with Crippen LogP contribution in [-0.2, 0) is 4.79 Å². The molecular formula is C12H20N2O. The van der Waals surface area contributed by atoms with Gasteiger partial charge in [-0.2, -0.15) is 0 Å². The van der Waals surface area contributed by atoms with Crippen LogP contribution < -0.4 is 0 Å². The number of hydrogen-bond donors (Lipinski definition) is 0. The van der Waals surface area contributed by atoms with Crippen LogP contribution in [-0.4, -0.2) is 47.9 Å². The quantitative estimate of drug-likeness (QED) is 0.674. The minimum Gasteiger partial charge on any atom is -0.340 e. The van der Waals surface area contributed by atoms with Crippen molar-refractivity contribution < 1.29 is 4.79 Å². The molecule has 1 amide bonds. The SMILES string of the molecule is CC1CC1C(=O)N1CCN(C2CC2)CC1. The molecule has 0 bridgehead atoms. The number of rotatable bonds is 2. The lowest BCUT2D eigenvalue weighted by molar-refractivity contribution is -0.134. The summed E-state index contributed by atoms with van der Waals surface area (Å²) in [5.41, 5.74) is 0. The van der Waals surface area contributed by atoms with E-state index in [-0.39, 0.29) is 0 Å². The van der Waals surface area contributed by atoms with Gasteiger partial charge in [0.2, 0.25) is 5.91 Å². The molecule has 2 aliphatic carbocycles. The third kappa shape index (κ3) is 1.89. The van der Waals surface area contributed by atoms with Crippen LogP contribution in [0.3, 0.4) is 0 Å². The van der Waals surface area contributed by atoms with Gasteiger partial charge in [-0.25, -0.2) is 0 Å². The lowest BCUT2D eigenvalue weighted by Crippen LogP contribution is -2.49. The predicted octanol–water partition coefficient (Wildman–Crippen LogP) is 0.949. The molecule has 2 atom stereocenters. The standard InChI is InChI=1S/C12H20N2O/c1-9-8-11(9)12(15)14-6-4-13(5-7-14)10-2-3-10/h9-11H,2-8H2,1H3. The van der Waals surface area contributed by atoms with Gasteiger partial charge in [0.05, 0.1) is 0 Å². The van der Waals surface area contributed by atoms with Crippen molar-refractivity contribution in [2.24, 2.45) is 11.8 Å². The van der Waals surface area contributed by atoms with E-state index in [4.69, 9.17) is 0 Å². The molecule has 3 fully saturated rings. The highest BCUT2D eigenvalue weighted by Gasteiger charge is 2.42. The molecule has 84 valence electrons. The van der Waals surface area contributed by atoms with Crippen LogP contribution in [0.4, 0.5) is 0 Å². The summed E-state index contributed by atoms with van der Waals surface area (Å²) in [6, 6.07) is 0.863. The fraction of sp³-hybridized carbons (Fsp3) is 0.917. The molecule has 15 heavy (non-hydrogen) atoms. The maximum atomic E-state index is 12.0. The van der Waals surface area contributed by atoms with Crippen LogP contribution in [0.2, 0.25) is 0 Å². The fourth-order valence-corrected chi connectivity index (χ4v) is 2.65. The molecule has 1 aliphatic heterocycles. The Morgan fingerprint density at radius 1 is 1.13 bits per heavy atom. The first-order chi connectivity index (χ1) is 7.25. The van der Waals surface area contributed by atoms with Gasteiger partial charge >= 0.3 is 0 Å². The molecule has 3 nitrogen and oxygen atoms in total. The van der Waals surface area contributed by atoms with Crippen LogP contribution in [0, 0.1) is 11.8 Å². The zero-order valence-electron chi connectivity index (χ0n) is 9.48. The van der Waals surface area contributed by atoms with E-state index in [1.54, 1.807) is 0 Å². The number of amides is 1. The second kappa shape index (κ2) is 3.48. The van der Waals surface area contributed by atoms with E-state index in [9.17, 15) is 4.79 Å². The lowest BCUT2D eigenvalue weighted by Gasteiger charge is -2.35. The van der Waals surface area contributed by atoms with Crippen molar-refractivity contribution >= 4 is 5.91 Å². The maximum Gasteiger partial charge on any atom is 0.226 e. The molecule has 0 aromatic heterocycles. The van der Waals surface area contributed by atoms with Gasteiger partial charge in [-0.15, -0.1) is 0 Å². The van der Waals surface area contributed by atoms with Crippen molar-refractivity contribution in [3.8, 4) is 0 Å². The zero-order chi connectivity index (χ0) is 10.4. The summed E-state index contributed by atoms with van der Waals surface area (Å²) < 4.78 is 0. The van der Waals surface area contributed by atoms with Gasteiger partial charge in [-0.05, 0) is 25.2 Å². The Bertz CT molecular complexity index is 267. The maximum absolute atomic E-state index is 12.0. The fourth-order valence-electron chi connectivity index (χ4n) is 2.65. The van der Waals surface area contributed by atoms with E-state index in [1.807, 2.05) is 0 Å². The minimum absolute atomic E-state index is 0.373. The summed E-state index contributed by atoms with van der Waals surface area (Å²) in [6.07, 6.45) is 3.89. The van der Waals surface area contributed by atoms with E-state index in [0.29, 0.717) is 17.7 Å². The molecule has 2 unspecified atom stereocenters. The monoisotopic (exact) mass is 208 g/mol. The topological polar surface area (TPSA) is 23.6 Å². The molecule has 1 saturated heterocycles. The summed E-state index contributed by atoms with van der Waals surface area (Å²) in [6.45, 7) is 6.34. The number of piperazine rings is 1. The Balaban J connectivity index is 1.50. The summed E-state index contributed by atoms with van der Waals surface area (Å²) >= 11 is 0. The molecule has 3 heteroatoms. The van der Waals surface area contributed by atoms with Crippen molar-refractivity contribution in [1.29, 1.82) is 0 Å². The van der Waals surface area contributed by atoms with Crippen LogP contribution >= 0.6 is 0 Å². The van der Waals surface area contributed by atoms with Crippen LogP contribution in [0.5, 0.6) is 0 Å². The summed E-state index contributed by atoms with van der Waals surface area (Å²) in [5.74, 6) is 1.45. The van der Waals surface area contributed by atoms with Gasteiger partial charge in [-0.1, -0.05) is 6.92 Å². The van der Waals surface area contributed by atoms with Crippen LogP contribution in [0.1, 0.15) is 26.2 Å². The van der Waals surface area contributed by atoms with E-state index < -0.39 is 0 Å². The Morgan fingerprint density at radius 2 is 1.73 bits per heavy atom. The van der Waals surface area contributed by atoms with E-state index in [2.05, 4.69) is 16.7 Å². The van der Waals surface area contributed by atoms with E-state index in [1.165, 1.54) is 12.8 Å². The minimum atomic E-state index is 0.373. The van der Waals surface area contributed by atoms with Crippen molar-refractivity contribution in [2.45, 2.75) is 32.2 Å². The van der Waals surface area contributed by atoms with Crippen molar-refractivity contribution in [3.05, 3.63) is 0 Å². The first-order valence-corrected chi connectivity index (χ1v) is 6.28. The zero-order valence-corrected chi connectivity index (χ0v) is 9.48. The second-order valence-electron chi connectivity index (χ2n) is 5.41. The van der Waals surface area contributed by atoms with Crippen molar-refractivity contribution in [3.63, 3.8) is 0 Å². The first-order valence-electron chi connectivity index (χ1n) is 6.28. The lowest BCUT2D eigenvalue weighted by atomic mass is 10.2. The van der Waals surface area contributed by atoms with Gasteiger partial charge in [0.1, 0.15) is 0 Å². The average Bonchev–Trinajstić information content (AvgIpc) is 3.11. The summed E-state index contributed by atoms with van der Waals surface area (Å²) in [4.78, 5) is 16.6. The molecule has 0 N–H and O–H groups in total. The van der Waals surface area contributed by atoms with Gasteiger partial charge in [0.15, 0.2) is 0 Å². The molecule has 0 aromatic rings. The molecule has 0 radical (unpaired) electrons. The smallest absolute Gasteiger partial charge is 0.226 e. The molecule has 3 rings (SSSR count). The summed E-state index contributed by atoms with van der Waals surface area (Å²) in [7, 11) is 0. The number of nitrogens with zero attached hydrogens (tertiary/aromatic N) is 2. The molecular weight excluding hydrogens is 188 g/mol. The normalized spacial score (nSPS) is 36.7. The second-order valence-corrected chi connectivity index (χ2v) is 5.41. The number of carbonyl (C=O) groups is 1. The molecule has 0 spiro atoms.